The number of aromatic nitrogens is 2. The molecule has 2 aromatic rings. The molecule has 4 rings (SSSR count). The Balaban J connectivity index is 1.80. The average molecular weight is 370 g/mol. The van der Waals surface area contributed by atoms with Crippen LogP contribution in [0.15, 0.2) is 18.3 Å². The molecule has 0 radical (unpaired) electrons. The van der Waals surface area contributed by atoms with Crippen LogP contribution in [0, 0.1) is 0 Å². The van der Waals surface area contributed by atoms with Crippen molar-refractivity contribution in [3.8, 4) is 0 Å². The van der Waals surface area contributed by atoms with Gasteiger partial charge in [-0.25, -0.2) is 4.79 Å². The third-order valence-corrected chi connectivity index (χ3v) is 5.61. The molecule has 3 heterocycles. The zero-order valence-electron chi connectivity index (χ0n) is 16.2. The van der Waals surface area contributed by atoms with Crippen molar-refractivity contribution in [2.75, 3.05) is 11.4 Å². The lowest BCUT2D eigenvalue weighted by atomic mass is 9.78. The van der Waals surface area contributed by atoms with E-state index in [1.807, 2.05) is 53.1 Å². The van der Waals surface area contributed by atoms with Gasteiger partial charge in [0.1, 0.15) is 0 Å². The minimum Gasteiger partial charge on any atom is -0.399 e. The highest BCUT2D eigenvalue weighted by atomic mass is 16.7. The molecule has 9 heteroatoms. The number of benzene rings is 1. The second kappa shape index (κ2) is 5.80. The van der Waals surface area contributed by atoms with Crippen molar-refractivity contribution in [3.05, 3.63) is 18.3 Å². The standard InChI is InChI=1S/C18H23BN4O4/c1-17(2)18(3,4)27-19(26-17)11-8-13-12(10-22(5)21-13)14(9-11)23-7-6-15(24)20-16(23)25/h8-10H,6-7H2,1-5H3,(H,20,24,25). The van der Waals surface area contributed by atoms with Crippen molar-refractivity contribution in [3.63, 3.8) is 0 Å². The minimum absolute atomic E-state index is 0.258. The van der Waals surface area contributed by atoms with Gasteiger partial charge in [-0.3, -0.25) is 19.7 Å². The molecule has 2 fully saturated rings. The molecule has 1 N–H and O–H groups in total. The Morgan fingerprint density at radius 1 is 1.15 bits per heavy atom. The van der Waals surface area contributed by atoms with Crippen LogP contribution in [0.25, 0.3) is 10.9 Å². The number of carbonyl (C=O) groups excluding carboxylic acids is 2. The minimum atomic E-state index is -0.561. The largest absolute Gasteiger partial charge is 0.494 e. The molecular weight excluding hydrogens is 347 g/mol. The Labute approximate surface area is 157 Å². The topological polar surface area (TPSA) is 85.7 Å². The van der Waals surface area contributed by atoms with E-state index in [4.69, 9.17) is 9.31 Å². The van der Waals surface area contributed by atoms with Gasteiger partial charge < -0.3 is 9.31 Å². The lowest BCUT2D eigenvalue weighted by Crippen LogP contribution is -2.50. The molecule has 142 valence electrons. The molecule has 0 spiro atoms. The number of nitrogens with one attached hydrogen (secondary N) is 1. The number of hydrogen-bond donors (Lipinski definition) is 1. The molecule has 3 amide bonds. The normalized spacial score (nSPS) is 21.8. The molecule has 8 nitrogen and oxygen atoms in total. The molecule has 2 saturated heterocycles. The van der Waals surface area contributed by atoms with E-state index in [0.29, 0.717) is 12.2 Å². The molecule has 0 atom stereocenters. The van der Waals surface area contributed by atoms with Gasteiger partial charge in [0.2, 0.25) is 5.91 Å². The van der Waals surface area contributed by atoms with Gasteiger partial charge in [-0.2, -0.15) is 5.10 Å². The quantitative estimate of drug-likeness (QED) is 0.806. The number of imide groups is 1. The Hall–Kier alpha value is -2.39. The van der Waals surface area contributed by atoms with E-state index in [1.165, 1.54) is 0 Å². The zero-order valence-corrected chi connectivity index (χ0v) is 16.2. The number of rotatable bonds is 2. The predicted molar refractivity (Wildman–Crippen MR) is 102 cm³/mol. The summed E-state index contributed by atoms with van der Waals surface area (Å²) in [5.74, 6) is -0.263. The lowest BCUT2D eigenvalue weighted by molar-refractivity contribution is -0.120. The van der Waals surface area contributed by atoms with Crippen LogP contribution in [-0.4, -0.2) is 46.6 Å². The van der Waals surface area contributed by atoms with Gasteiger partial charge in [-0.15, -0.1) is 0 Å². The first-order chi connectivity index (χ1) is 12.6. The summed E-state index contributed by atoms with van der Waals surface area (Å²) in [5.41, 5.74) is 1.29. The first-order valence-electron chi connectivity index (χ1n) is 9.02. The monoisotopic (exact) mass is 370 g/mol. The van der Waals surface area contributed by atoms with E-state index in [9.17, 15) is 9.59 Å². The van der Waals surface area contributed by atoms with E-state index in [0.717, 1.165) is 16.4 Å². The summed E-state index contributed by atoms with van der Waals surface area (Å²) >= 11 is 0. The fraction of sp³-hybridized carbons (Fsp3) is 0.500. The fourth-order valence-corrected chi connectivity index (χ4v) is 3.38. The average Bonchev–Trinajstić information content (AvgIpc) is 3.02. The molecule has 0 saturated carbocycles. The van der Waals surface area contributed by atoms with Crippen LogP contribution >= 0.6 is 0 Å². The van der Waals surface area contributed by atoms with Gasteiger partial charge in [0, 0.05) is 31.6 Å². The van der Waals surface area contributed by atoms with E-state index in [2.05, 4.69) is 10.4 Å². The summed E-state index contributed by atoms with van der Waals surface area (Å²) in [6, 6.07) is 3.39. The number of amides is 3. The SMILES string of the molecule is Cn1cc2c(N3CCC(=O)NC3=O)cc(B3OC(C)(C)C(C)(C)O3)cc2n1. The van der Waals surface area contributed by atoms with E-state index >= 15 is 0 Å². The van der Waals surface area contributed by atoms with E-state index in [-0.39, 0.29) is 12.3 Å². The number of nitrogens with zero attached hydrogens (tertiary/aromatic N) is 3. The number of hydrogen-bond acceptors (Lipinski definition) is 5. The van der Waals surface area contributed by atoms with Gasteiger partial charge in [-0.05, 0) is 45.3 Å². The maximum absolute atomic E-state index is 12.4. The smallest absolute Gasteiger partial charge is 0.399 e. The van der Waals surface area contributed by atoms with Crippen LogP contribution < -0.4 is 15.7 Å². The third kappa shape index (κ3) is 2.91. The van der Waals surface area contributed by atoms with Crippen LogP contribution in [0.2, 0.25) is 0 Å². The Bertz CT molecular complexity index is 936. The van der Waals surface area contributed by atoms with Gasteiger partial charge in [-0.1, -0.05) is 0 Å². The van der Waals surface area contributed by atoms with Crippen LogP contribution in [0.5, 0.6) is 0 Å². The van der Waals surface area contributed by atoms with Gasteiger partial charge in [0.15, 0.2) is 0 Å². The van der Waals surface area contributed by atoms with E-state index < -0.39 is 24.4 Å². The molecule has 27 heavy (non-hydrogen) atoms. The summed E-state index contributed by atoms with van der Waals surface area (Å²) in [6.07, 6.45) is 2.12. The Kier molecular flexibility index (Phi) is 3.87. The predicted octanol–water partition coefficient (Wildman–Crippen LogP) is 1.32. The number of anilines is 1. The second-order valence-corrected chi connectivity index (χ2v) is 8.12. The van der Waals surface area contributed by atoms with Gasteiger partial charge in [0.25, 0.3) is 0 Å². The number of carbonyl (C=O) groups is 2. The molecule has 0 unspecified atom stereocenters. The highest BCUT2D eigenvalue weighted by molar-refractivity contribution is 6.62. The molecule has 1 aromatic carbocycles. The second-order valence-electron chi connectivity index (χ2n) is 8.12. The highest BCUT2D eigenvalue weighted by Crippen LogP contribution is 2.37. The van der Waals surface area contributed by atoms with Crippen molar-refractivity contribution < 1.29 is 18.9 Å². The van der Waals surface area contributed by atoms with Crippen molar-refractivity contribution in [1.29, 1.82) is 0 Å². The van der Waals surface area contributed by atoms with Gasteiger partial charge >= 0.3 is 13.1 Å². The first kappa shape index (κ1) is 18.0. The number of urea groups is 1. The van der Waals surface area contributed by atoms with Gasteiger partial charge in [0.05, 0.1) is 22.4 Å². The van der Waals surface area contributed by atoms with E-state index in [1.54, 1.807) is 9.58 Å². The Morgan fingerprint density at radius 3 is 2.44 bits per heavy atom. The summed E-state index contributed by atoms with van der Waals surface area (Å²) in [6.45, 7) is 8.31. The molecule has 0 bridgehead atoms. The Morgan fingerprint density at radius 2 is 1.81 bits per heavy atom. The van der Waals surface area contributed by atoms with Crippen molar-refractivity contribution >= 4 is 41.1 Å². The zero-order chi connectivity index (χ0) is 19.6. The number of aryl methyl sites for hydroxylation is 1. The van der Waals surface area contributed by atoms with Crippen LogP contribution in [0.4, 0.5) is 10.5 Å². The maximum atomic E-state index is 12.4. The van der Waals surface area contributed by atoms with Crippen molar-refractivity contribution in [2.24, 2.45) is 7.05 Å². The van der Waals surface area contributed by atoms with Crippen molar-refractivity contribution in [1.82, 2.24) is 15.1 Å². The molecule has 2 aliphatic heterocycles. The summed E-state index contributed by atoms with van der Waals surface area (Å²) in [5, 5.41) is 7.70. The molecular formula is C18H23BN4O4. The highest BCUT2D eigenvalue weighted by Gasteiger charge is 2.52. The summed E-state index contributed by atoms with van der Waals surface area (Å²) < 4.78 is 14.0. The summed E-state index contributed by atoms with van der Waals surface area (Å²) in [4.78, 5) is 25.5. The van der Waals surface area contributed by atoms with Crippen molar-refractivity contribution in [2.45, 2.75) is 45.3 Å². The maximum Gasteiger partial charge on any atom is 0.494 e. The molecule has 2 aliphatic rings. The number of fused-ring (bicyclic) bond motifs is 1. The van der Waals surface area contributed by atoms with Crippen LogP contribution in [-0.2, 0) is 21.2 Å². The fourth-order valence-electron chi connectivity index (χ4n) is 3.38. The lowest BCUT2D eigenvalue weighted by Gasteiger charge is -2.32. The van der Waals surface area contributed by atoms with Crippen LogP contribution in [0.1, 0.15) is 34.1 Å². The molecule has 0 aliphatic carbocycles. The third-order valence-electron chi connectivity index (χ3n) is 5.61. The van der Waals surface area contributed by atoms with Crippen LogP contribution in [0.3, 0.4) is 0 Å². The first-order valence-corrected chi connectivity index (χ1v) is 9.02. The molecule has 1 aromatic heterocycles. The summed E-state index contributed by atoms with van der Waals surface area (Å²) in [7, 11) is 1.27.